The summed E-state index contributed by atoms with van der Waals surface area (Å²) in [7, 11) is 0. The summed E-state index contributed by atoms with van der Waals surface area (Å²) in [5.74, 6) is -0.658. The van der Waals surface area contributed by atoms with Crippen molar-refractivity contribution in [2.24, 2.45) is 0 Å². The number of anilines is 2. The Hall–Kier alpha value is -1.95. The van der Waals surface area contributed by atoms with E-state index in [0.717, 1.165) is 24.3 Å². The van der Waals surface area contributed by atoms with E-state index in [0.29, 0.717) is 0 Å². The van der Waals surface area contributed by atoms with Gasteiger partial charge in [0.1, 0.15) is 5.82 Å². The number of nitrogen functional groups attached to an aromatic ring is 2. The lowest BCUT2D eigenvalue weighted by atomic mass is 9.96. The fourth-order valence-electron chi connectivity index (χ4n) is 1.92. The molecule has 2 nitrogen and oxygen atoms in total. The van der Waals surface area contributed by atoms with E-state index in [1.807, 2.05) is 0 Å². The third-order valence-corrected chi connectivity index (χ3v) is 3.07. The van der Waals surface area contributed by atoms with Gasteiger partial charge >= 0.3 is 6.18 Å². The molecule has 106 valence electrons. The number of hydrogen-bond donors (Lipinski definition) is 2. The SMILES string of the molecule is Nc1ccc(N)c(C(F)(F)F)c1-c1ccc(F)cc1Cl. The third-order valence-electron chi connectivity index (χ3n) is 2.75. The van der Waals surface area contributed by atoms with Crippen LogP contribution in [0.2, 0.25) is 5.02 Å². The molecule has 20 heavy (non-hydrogen) atoms. The molecule has 0 heterocycles. The van der Waals surface area contributed by atoms with Crippen molar-refractivity contribution in [2.45, 2.75) is 6.18 Å². The molecule has 0 aromatic heterocycles. The van der Waals surface area contributed by atoms with E-state index >= 15 is 0 Å². The first-order chi connectivity index (χ1) is 9.21. The molecule has 0 bridgehead atoms. The predicted octanol–water partition coefficient (Wildman–Crippen LogP) is 4.33. The van der Waals surface area contributed by atoms with Crippen LogP contribution < -0.4 is 11.5 Å². The molecule has 4 N–H and O–H groups in total. The summed E-state index contributed by atoms with van der Waals surface area (Å²) in [5.41, 5.74) is 8.96. The molecule has 0 fully saturated rings. The van der Waals surface area contributed by atoms with Crippen LogP contribution in [0, 0.1) is 5.82 Å². The number of halogens is 5. The Bertz CT molecular complexity index is 668. The van der Waals surface area contributed by atoms with Gasteiger partial charge in [-0.25, -0.2) is 4.39 Å². The van der Waals surface area contributed by atoms with Crippen molar-refractivity contribution in [3.05, 3.63) is 46.7 Å². The molecule has 0 saturated carbocycles. The van der Waals surface area contributed by atoms with Gasteiger partial charge in [-0.2, -0.15) is 13.2 Å². The van der Waals surface area contributed by atoms with Crippen molar-refractivity contribution in [3.8, 4) is 11.1 Å². The van der Waals surface area contributed by atoms with E-state index in [1.165, 1.54) is 6.07 Å². The van der Waals surface area contributed by atoms with Crippen molar-refractivity contribution >= 4 is 23.0 Å². The normalized spacial score (nSPS) is 11.7. The van der Waals surface area contributed by atoms with Gasteiger partial charge in [-0.05, 0) is 30.3 Å². The zero-order valence-corrected chi connectivity index (χ0v) is 10.7. The average Bonchev–Trinajstić information content (AvgIpc) is 2.31. The molecular formula is C13H9ClF4N2. The van der Waals surface area contributed by atoms with Crippen LogP contribution in [0.5, 0.6) is 0 Å². The maximum atomic E-state index is 13.1. The second-order valence-electron chi connectivity index (χ2n) is 4.12. The predicted molar refractivity (Wildman–Crippen MR) is 70.7 cm³/mol. The topological polar surface area (TPSA) is 52.0 Å². The van der Waals surface area contributed by atoms with Gasteiger partial charge in [0.2, 0.25) is 0 Å². The highest BCUT2D eigenvalue weighted by atomic mass is 35.5. The summed E-state index contributed by atoms with van der Waals surface area (Å²) in [5, 5.41) is -0.173. The highest BCUT2D eigenvalue weighted by Crippen LogP contribution is 2.45. The van der Waals surface area contributed by atoms with Crippen LogP contribution in [-0.4, -0.2) is 0 Å². The molecule has 0 radical (unpaired) electrons. The molecule has 7 heteroatoms. The number of benzene rings is 2. The average molecular weight is 305 g/mol. The Labute approximate surface area is 116 Å². The second kappa shape index (κ2) is 4.86. The summed E-state index contributed by atoms with van der Waals surface area (Å²) in [6.07, 6.45) is -4.70. The molecular weight excluding hydrogens is 296 g/mol. The first-order valence-electron chi connectivity index (χ1n) is 5.42. The molecule has 2 rings (SSSR count). The largest absolute Gasteiger partial charge is 0.419 e. The van der Waals surface area contributed by atoms with Crippen LogP contribution in [0.4, 0.5) is 28.9 Å². The maximum absolute atomic E-state index is 13.1. The fourth-order valence-corrected chi connectivity index (χ4v) is 2.18. The van der Waals surface area contributed by atoms with Crippen LogP contribution >= 0.6 is 11.6 Å². The van der Waals surface area contributed by atoms with Crippen molar-refractivity contribution < 1.29 is 17.6 Å². The minimum atomic E-state index is -4.70. The standard InChI is InChI=1S/C13H9ClF4N2/c14-8-5-6(15)1-2-7(8)11-9(19)3-4-10(20)12(11)13(16,17)18/h1-5H,19-20H2. The number of alkyl halides is 3. The highest BCUT2D eigenvalue weighted by molar-refractivity contribution is 6.33. The summed E-state index contributed by atoms with van der Waals surface area (Å²) >= 11 is 5.81. The molecule has 2 aromatic rings. The lowest BCUT2D eigenvalue weighted by Gasteiger charge is -2.18. The fraction of sp³-hybridized carbons (Fsp3) is 0.0769. The van der Waals surface area contributed by atoms with Crippen molar-refractivity contribution in [3.63, 3.8) is 0 Å². The zero-order chi connectivity index (χ0) is 15.1. The minimum Gasteiger partial charge on any atom is -0.398 e. The molecule has 0 aliphatic rings. The van der Waals surface area contributed by atoms with Gasteiger partial charge in [-0.15, -0.1) is 0 Å². The highest BCUT2D eigenvalue weighted by Gasteiger charge is 2.37. The molecule has 2 aromatic carbocycles. The summed E-state index contributed by atoms with van der Waals surface area (Å²) < 4.78 is 52.4. The van der Waals surface area contributed by atoms with Crippen LogP contribution in [0.25, 0.3) is 11.1 Å². The maximum Gasteiger partial charge on any atom is 0.419 e. The molecule has 0 amide bonds. The Morgan fingerprint density at radius 2 is 1.55 bits per heavy atom. The Kier molecular flexibility index (Phi) is 3.52. The van der Waals surface area contributed by atoms with Gasteiger partial charge in [0.05, 0.1) is 10.6 Å². The van der Waals surface area contributed by atoms with Gasteiger partial charge in [0.15, 0.2) is 0 Å². The van der Waals surface area contributed by atoms with Gasteiger partial charge < -0.3 is 11.5 Å². The summed E-state index contributed by atoms with van der Waals surface area (Å²) in [4.78, 5) is 0. The van der Waals surface area contributed by atoms with Crippen LogP contribution in [0.1, 0.15) is 5.56 Å². The lowest BCUT2D eigenvalue weighted by Crippen LogP contribution is -2.12. The van der Waals surface area contributed by atoms with Crippen molar-refractivity contribution in [1.29, 1.82) is 0 Å². The van der Waals surface area contributed by atoms with E-state index in [2.05, 4.69) is 0 Å². The van der Waals surface area contributed by atoms with Crippen LogP contribution in [-0.2, 0) is 6.18 Å². The van der Waals surface area contributed by atoms with E-state index in [4.69, 9.17) is 23.1 Å². The van der Waals surface area contributed by atoms with Crippen molar-refractivity contribution in [1.82, 2.24) is 0 Å². The second-order valence-corrected chi connectivity index (χ2v) is 4.52. The Balaban J connectivity index is 2.83. The molecule has 0 unspecified atom stereocenters. The molecule has 0 saturated heterocycles. The summed E-state index contributed by atoms with van der Waals surface area (Å²) in [6.45, 7) is 0. The lowest BCUT2D eigenvalue weighted by molar-refractivity contribution is -0.136. The molecule has 0 aliphatic carbocycles. The Morgan fingerprint density at radius 1 is 0.950 bits per heavy atom. The smallest absolute Gasteiger partial charge is 0.398 e. The van der Waals surface area contributed by atoms with Crippen LogP contribution in [0.3, 0.4) is 0 Å². The monoisotopic (exact) mass is 304 g/mol. The first kappa shape index (κ1) is 14.5. The summed E-state index contributed by atoms with van der Waals surface area (Å²) in [6, 6.07) is 5.38. The van der Waals surface area contributed by atoms with E-state index in [9.17, 15) is 17.6 Å². The Morgan fingerprint density at radius 3 is 2.10 bits per heavy atom. The first-order valence-corrected chi connectivity index (χ1v) is 5.80. The van der Waals surface area contributed by atoms with E-state index in [-0.39, 0.29) is 21.8 Å². The number of hydrogen-bond acceptors (Lipinski definition) is 2. The van der Waals surface area contributed by atoms with Crippen molar-refractivity contribution in [2.75, 3.05) is 11.5 Å². The van der Waals surface area contributed by atoms with E-state index in [1.54, 1.807) is 0 Å². The zero-order valence-electron chi connectivity index (χ0n) is 9.93. The molecule has 0 aliphatic heterocycles. The van der Waals surface area contributed by atoms with Gasteiger partial charge in [0, 0.05) is 22.5 Å². The number of rotatable bonds is 1. The van der Waals surface area contributed by atoms with Gasteiger partial charge in [-0.1, -0.05) is 11.6 Å². The van der Waals surface area contributed by atoms with Gasteiger partial charge in [0.25, 0.3) is 0 Å². The minimum absolute atomic E-state index is 0.0230. The number of nitrogens with two attached hydrogens (primary N) is 2. The van der Waals surface area contributed by atoms with E-state index < -0.39 is 23.2 Å². The molecule has 0 spiro atoms. The quantitative estimate of drug-likeness (QED) is 0.608. The molecule has 0 atom stereocenters. The van der Waals surface area contributed by atoms with Crippen LogP contribution in [0.15, 0.2) is 30.3 Å². The van der Waals surface area contributed by atoms with Gasteiger partial charge in [-0.3, -0.25) is 0 Å². The third kappa shape index (κ3) is 2.51.